The molecule has 0 aliphatic rings. The molecular weight excluding hydrogens is 1280 g/mol. The Balaban J connectivity index is 0.000000539. The van der Waals surface area contributed by atoms with Crippen molar-refractivity contribution < 1.29 is 70.2 Å². The second-order valence-electron chi connectivity index (χ2n) is 23.5. The first-order valence-corrected chi connectivity index (χ1v) is 30.3. The Kier molecular flexibility index (Phi) is 36.6. The van der Waals surface area contributed by atoms with Crippen LogP contribution < -0.4 is 0 Å². The lowest BCUT2D eigenvalue weighted by Gasteiger charge is -2.01. The molecule has 0 aliphatic carbocycles. The first-order valence-electron chi connectivity index (χ1n) is 30.3. The molecular formula is C81H86F16. The fraction of sp³-hybridized carbons (Fsp3) is 0.259. The summed E-state index contributed by atoms with van der Waals surface area (Å²) in [4.78, 5) is 0. The molecule has 0 aliphatic heterocycles. The standard InChI is InChI=1S/C9H12.2C8H7F3.4C8H8F2.2C8H9F.C8H10/c1-7-4-5-8(2)9(3)6-7;2*1-4-3-6(9)5(2)8(11)7(4)10;1-5-3-8(10)6(2)4-7(5)9;2*1-5-3-7(9)6(2)8(10)4-5;1-5-3-4-6(2)8(10)7(5)9;2*1-6-3-4-7(2)8(9)5-6;1-7-3-5-8(2)6-4-7/h4-6H,1-3H3;2*3H,1-2H3;4*3-4H,1-2H3;2*3-5H,1-2H3;3-6H,1-2H3. The van der Waals surface area contributed by atoms with E-state index in [-0.39, 0.29) is 56.6 Å². The van der Waals surface area contributed by atoms with Crippen LogP contribution in [0.5, 0.6) is 0 Å². The van der Waals surface area contributed by atoms with Crippen molar-refractivity contribution in [1.29, 1.82) is 0 Å². The molecule has 10 rings (SSSR count). The zero-order valence-corrected chi connectivity index (χ0v) is 58.8. The van der Waals surface area contributed by atoms with Gasteiger partial charge in [-0.05, 0) is 284 Å². The summed E-state index contributed by atoms with van der Waals surface area (Å²) in [5, 5.41) is 0. The molecule has 0 fully saturated rings. The van der Waals surface area contributed by atoms with Gasteiger partial charge in [-0.3, -0.25) is 0 Å². The molecule has 16 heteroatoms. The molecule has 0 heterocycles. The maximum Gasteiger partial charge on any atom is 0.164 e. The van der Waals surface area contributed by atoms with E-state index in [0.717, 1.165) is 23.3 Å². The molecule has 0 saturated carbocycles. The summed E-state index contributed by atoms with van der Waals surface area (Å²) >= 11 is 0. The highest BCUT2D eigenvalue weighted by molar-refractivity contribution is 5.31. The van der Waals surface area contributed by atoms with Crippen LogP contribution in [0.25, 0.3) is 0 Å². The SMILES string of the molecule is Cc1cc(F)c(C)c(F)c1.Cc1cc(F)c(C)c(F)c1.Cc1cc(F)c(C)c(F)c1F.Cc1cc(F)c(C)c(F)c1F.Cc1cc(F)c(C)cc1F.Cc1ccc(C)c(C)c1.Cc1ccc(C)c(F)c1.Cc1ccc(C)c(F)c1.Cc1ccc(C)c(F)c1F.Cc1ccc(C)cc1. The van der Waals surface area contributed by atoms with Gasteiger partial charge in [0, 0.05) is 22.3 Å². The van der Waals surface area contributed by atoms with Crippen LogP contribution in [0.2, 0.25) is 0 Å². The minimum atomic E-state index is -1.09. The Labute approximate surface area is 562 Å². The summed E-state index contributed by atoms with van der Waals surface area (Å²) in [6, 6.07) is 38.2. The minimum Gasteiger partial charge on any atom is -0.207 e. The third kappa shape index (κ3) is 29.9. The number of hydrogen-bond donors (Lipinski definition) is 0. The highest BCUT2D eigenvalue weighted by Crippen LogP contribution is 2.21. The molecule has 0 saturated heterocycles. The van der Waals surface area contributed by atoms with E-state index in [0.29, 0.717) is 44.5 Å². The van der Waals surface area contributed by atoms with Crippen LogP contribution in [0.15, 0.2) is 140 Å². The van der Waals surface area contributed by atoms with Gasteiger partial charge in [0.15, 0.2) is 34.9 Å². The Morgan fingerprint density at radius 3 is 0.598 bits per heavy atom. The van der Waals surface area contributed by atoms with Crippen molar-refractivity contribution in [2.45, 2.75) is 145 Å². The molecule has 0 N–H and O–H groups in total. The molecule has 10 aromatic carbocycles. The first kappa shape index (κ1) is 86.1. The fourth-order valence-corrected chi connectivity index (χ4v) is 7.56. The highest BCUT2D eigenvalue weighted by Gasteiger charge is 2.14. The molecule has 10 aromatic rings. The Morgan fingerprint density at radius 2 is 0.340 bits per heavy atom. The van der Waals surface area contributed by atoms with E-state index in [1.807, 2.05) is 26.0 Å². The third-order valence-electron chi connectivity index (χ3n) is 14.4. The van der Waals surface area contributed by atoms with Crippen molar-refractivity contribution in [3.63, 3.8) is 0 Å². The van der Waals surface area contributed by atoms with Crippen molar-refractivity contribution in [3.05, 3.63) is 349 Å². The Hall–Kier alpha value is -8.92. The van der Waals surface area contributed by atoms with Crippen LogP contribution in [0.4, 0.5) is 70.2 Å². The second-order valence-corrected chi connectivity index (χ2v) is 23.5. The average Bonchev–Trinajstić information content (AvgIpc) is 0.860. The summed E-state index contributed by atoms with van der Waals surface area (Å²) in [6.07, 6.45) is 0. The maximum absolute atomic E-state index is 12.6. The van der Waals surface area contributed by atoms with Crippen molar-refractivity contribution in [3.8, 4) is 0 Å². The average molecular weight is 1360 g/mol. The lowest BCUT2D eigenvalue weighted by atomic mass is 10.1. The molecule has 0 atom stereocenters. The molecule has 97 heavy (non-hydrogen) atoms. The smallest absolute Gasteiger partial charge is 0.164 e. The van der Waals surface area contributed by atoms with Gasteiger partial charge >= 0.3 is 0 Å². The van der Waals surface area contributed by atoms with Gasteiger partial charge in [-0.25, -0.2) is 70.2 Å². The van der Waals surface area contributed by atoms with E-state index < -0.39 is 69.8 Å². The topological polar surface area (TPSA) is 0 Å². The van der Waals surface area contributed by atoms with Gasteiger partial charge < -0.3 is 0 Å². The van der Waals surface area contributed by atoms with Crippen molar-refractivity contribution in [2.24, 2.45) is 0 Å². The highest BCUT2D eigenvalue weighted by atomic mass is 19.2. The van der Waals surface area contributed by atoms with Crippen LogP contribution in [0.1, 0.15) is 117 Å². The molecule has 0 unspecified atom stereocenters. The lowest BCUT2D eigenvalue weighted by Crippen LogP contribution is -1.96. The molecule has 0 bridgehead atoms. The maximum atomic E-state index is 12.6. The molecule has 0 amide bonds. The lowest BCUT2D eigenvalue weighted by molar-refractivity contribution is 0.480. The van der Waals surface area contributed by atoms with Crippen LogP contribution in [-0.4, -0.2) is 0 Å². The van der Waals surface area contributed by atoms with E-state index in [9.17, 15) is 70.2 Å². The van der Waals surface area contributed by atoms with Crippen LogP contribution in [0.3, 0.4) is 0 Å². The van der Waals surface area contributed by atoms with Gasteiger partial charge in [0.1, 0.15) is 58.2 Å². The Bertz CT molecular complexity index is 3760. The monoisotopic (exact) mass is 1360 g/mol. The molecule has 0 aromatic heterocycles. The minimum absolute atomic E-state index is 0.00870. The van der Waals surface area contributed by atoms with Gasteiger partial charge in [0.2, 0.25) is 0 Å². The van der Waals surface area contributed by atoms with Crippen molar-refractivity contribution >= 4 is 0 Å². The largest absolute Gasteiger partial charge is 0.207 e. The summed E-state index contributed by atoms with van der Waals surface area (Å²) in [7, 11) is 0. The van der Waals surface area contributed by atoms with E-state index in [1.165, 1.54) is 146 Å². The zero-order chi connectivity index (χ0) is 74.6. The Morgan fingerprint density at radius 1 is 0.134 bits per heavy atom. The van der Waals surface area contributed by atoms with E-state index in [4.69, 9.17) is 0 Å². The normalized spacial score (nSPS) is 9.91. The number of halogens is 16. The fourth-order valence-electron chi connectivity index (χ4n) is 7.56. The number of benzene rings is 10. The number of hydrogen-bond acceptors (Lipinski definition) is 0. The quantitative estimate of drug-likeness (QED) is 0.105. The second kappa shape index (κ2) is 41.2. The summed E-state index contributed by atoms with van der Waals surface area (Å²) in [5.74, 6) is -9.84. The zero-order valence-electron chi connectivity index (χ0n) is 58.8. The predicted molar refractivity (Wildman–Crippen MR) is 363 cm³/mol. The predicted octanol–water partition coefficient (Wildman–Crippen LogP) is 25.6. The van der Waals surface area contributed by atoms with Gasteiger partial charge in [-0.2, -0.15) is 0 Å². The molecule has 0 radical (unpaired) electrons. The van der Waals surface area contributed by atoms with Gasteiger partial charge in [0.05, 0.1) is 0 Å². The van der Waals surface area contributed by atoms with Crippen LogP contribution >= 0.6 is 0 Å². The summed E-state index contributed by atoms with van der Waals surface area (Å²) < 4.78 is 202. The number of aryl methyl sites for hydroxylation is 17. The summed E-state index contributed by atoms with van der Waals surface area (Å²) in [5.41, 5.74) is 12.4. The van der Waals surface area contributed by atoms with Crippen molar-refractivity contribution in [2.75, 3.05) is 0 Å². The third-order valence-corrected chi connectivity index (χ3v) is 14.4. The summed E-state index contributed by atoms with van der Waals surface area (Å²) in [6.45, 7) is 35.2. The van der Waals surface area contributed by atoms with Crippen LogP contribution in [-0.2, 0) is 0 Å². The van der Waals surface area contributed by atoms with E-state index in [1.54, 1.807) is 52.0 Å². The molecule has 522 valence electrons. The van der Waals surface area contributed by atoms with Gasteiger partial charge in [-0.1, -0.05) is 95.6 Å². The van der Waals surface area contributed by atoms with Gasteiger partial charge in [-0.15, -0.1) is 0 Å². The number of rotatable bonds is 0. The molecule has 0 nitrogen and oxygen atoms in total. The van der Waals surface area contributed by atoms with E-state index >= 15 is 0 Å². The van der Waals surface area contributed by atoms with Gasteiger partial charge in [0.25, 0.3) is 0 Å². The molecule has 0 spiro atoms. The van der Waals surface area contributed by atoms with E-state index in [2.05, 4.69) is 77.1 Å². The van der Waals surface area contributed by atoms with Crippen LogP contribution in [0, 0.1) is 238 Å². The van der Waals surface area contributed by atoms with Crippen molar-refractivity contribution in [1.82, 2.24) is 0 Å². The first-order chi connectivity index (χ1) is 44.9.